The van der Waals surface area contributed by atoms with E-state index in [0.717, 1.165) is 5.56 Å². The first-order chi connectivity index (χ1) is 9.17. The van der Waals surface area contributed by atoms with Crippen molar-refractivity contribution in [2.24, 2.45) is 0 Å². The van der Waals surface area contributed by atoms with Crippen molar-refractivity contribution in [2.75, 3.05) is 20.2 Å². The number of hydrogen-bond donors (Lipinski definition) is 2. The molecular weight excluding hydrogens is 244 g/mol. The fourth-order valence-corrected chi connectivity index (χ4v) is 1.71. The van der Waals surface area contributed by atoms with E-state index in [1.54, 1.807) is 0 Å². The zero-order chi connectivity index (χ0) is 14.1. The molecule has 1 amide bonds. The van der Waals surface area contributed by atoms with Crippen LogP contribution < -0.4 is 10.6 Å². The molecule has 5 nitrogen and oxygen atoms in total. The van der Waals surface area contributed by atoms with Gasteiger partial charge in [-0.15, -0.1) is 0 Å². The predicted molar refractivity (Wildman–Crippen MR) is 72.6 cm³/mol. The van der Waals surface area contributed by atoms with Gasteiger partial charge in [0.2, 0.25) is 5.91 Å². The number of ether oxygens (including phenoxy) is 1. The van der Waals surface area contributed by atoms with E-state index in [2.05, 4.69) is 15.4 Å². The molecule has 1 aromatic carbocycles. The summed E-state index contributed by atoms with van der Waals surface area (Å²) in [6, 6.07) is 9.39. The van der Waals surface area contributed by atoms with Gasteiger partial charge in [0.1, 0.15) is 6.54 Å². The summed E-state index contributed by atoms with van der Waals surface area (Å²) in [5, 5.41) is 5.67. The van der Waals surface area contributed by atoms with E-state index in [9.17, 15) is 9.59 Å². The highest BCUT2D eigenvalue weighted by Gasteiger charge is 2.18. The monoisotopic (exact) mass is 264 g/mol. The van der Waals surface area contributed by atoms with Crippen LogP contribution in [0.25, 0.3) is 0 Å². The molecule has 0 spiro atoms. The Hall–Kier alpha value is -1.88. The molecule has 5 heteroatoms. The molecule has 1 atom stereocenters. The zero-order valence-corrected chi connectivity index (χ0v) is 11.3. The Morgan fingerprint density at radius 3 is 2.53 bits per heavy atom. The van der Waals surface area contributed by atoms with Gasteiger partial charge >= 0.3 is 5.97 Å². The van der Waals surface area contributed by atoms with Crippen LogP contribution in [-0.4, -0.2) is 38.1 Å². The molecule has 19 heavy (non-hydrogen) atoms. The molecule has 0 bridgehead atoms. The average Bonchev–Trinajstić information content (AvgIpc) is 2.45. The van der Waals surface area contributed by atoms with Crippen LogP contribution in [0.1, 0.15) is 12.5 Å². The second kappa shape index (κ2) is 8.26. The maximum absolute atomic E-state index is 12.0. The minimum absolute atomic E-state index is 0.105. The smallest absolute Gasteiger partial charge is 0.325 e. The van der Waals surface area contributed by atoms with Crippen LogP contribution >= 0.6 is 0 Å². The Morgan fingerprint density at radius 2 is 1.95 bits per heavy atom. The number of amides is 1. The average molecular weight is 264 g/mol. The lowest BCUT2D eigenvalue weighted by atomic mass is 10.1. The molecule has 0 aromatic heterocycles. The Kier molecular flexibility index (Phi) is 6.60. The van der Waals surface area contributed by atoms with E-state index in [1.807, 2.05) is 37.3 Å². The summed E-state index contributed by atoms with van der Waals surface area (Å²) >= 11 is 0. The van der Waals surface area contributed by atoms with Crippen LogP contribution in [0.2, 0.25) is 0 Å². The summed E-state index contributed by atoms with van der Waals surface area (Å²) < 4.78 is 4.48. The summed E-state index contributed by atoms with van der Waals surface area (Å²) in [6.45, 7) is 2.51. The van der Waals surface area contributed by atoms with Gasteiger partial charge in [-0.3, -0.25) is 9.59 Å². The van der Waals surface area contributed by atoms with Crippen molar-refractivity contribution < 1.29 is 14.3 Å². The van der Waals surface area contributed by atoms with Crippen LogP contribution in [0.3, 0.4) is 0 Å². The molecule has 2 N–H and O–H groups in total. The second-order valence-corrected chi connectivity index (χ2v) is 4.09. The van der Waals surface area contributed by atoms with E-state index < -0.39 is 5.97 Å². The minimum atomic E-state index is -0.455. The largest absolute Gasteiger partial charge is 0.468 e. The Bertz CT molecular complexity index is 406. The van der Waals surface area contributed by atoms with E-state index >= 15 is 0 Å². The number of esters is 1. The molecule has 0 unspecified atom stereocenters. The zero-order valence-electron chi connectivity index (χ0n) is 11.3. The molecule has 0 saturated heterocycles. The van der Waals surface area contributed by atoms with Crippen molar-refractivity contribution in [2.45, 2.75) is 19.4 Å². The highest BCUT2D eigenvalue weighted by Crippen LogP contribution is 2.03. The van der Waals surface area contributed by atoms with Crippen molar-refractivity contribution in [1.29, 1.82) is 0 Å². The first-order valence-electron chi connectivity index (χ1n) is 6.29. The van der Waals surface area contributed by atoms with Crippen molar-refractivity contribution in [3.05, 3.63) is 35.9 Å². The molecular formula is C14H20N2O3. The van der Waals surface area contributed by atoms with Crippen molar-refractivity contribution in [1.82, 2.24) is 10.6 Å². The summed E-state index contributed by atoms with van der Waals surface area (Å²) in [5.74, 6) is -0.653. The van der Waals surface area contributed by atoms with E-state index in [1.165, 1.54) is 7.11 Å². The fraction of sp³-hybridized carbons (Fsp3) is 0.429. The molecule has 0 aliphatic heterocycles. The molecule has 0 radical (unpaired) electrons. The number of methoxy groups -OCH3 is 1. The highest BCUT2D eigenvalue weighted by atomic mass is 16.5. The Labute approximate surface area is 113 Å². The normalized spacial score (nSPS) is 11.7. The van der Waals surface area contributed by atoms with Gasteiger partial charge in [-0.1, -0.05) is 37.3 Å². The first kappa shape index (κ1) is 15.2. The third kappa shape index (κ3) is 5.52. The lowest BCUT2D eigenvalue weighted by Crippen LogP contribution is -2.47. The van der Waals surface area contributed by atoms with E-state index in [4.69, 9.17) is 0 Å². The highest BCUT2D eigenvalue weighted by molar-refractivity contribution is 5.85. The van der Waals surface area contributed by atoms with E-state index in [0.29, 0.717) is 13.0 Å². The topological polar surface area (TPSA) is 67.4 Å². The predicted octanol–water partition coefficient (Wildman–Crippen LogP) is 0.496. The second-order valence-electron chi connectivity index (χ2n) is 4.09. The van der Waals surface area contributed by atoms with E-state index in [-0.39, 0.29) is 18.5 Å². The van der Waals surface area contributed by atoms with Gasteiger partial charge in [-0.2, -0.15) is 0 Å². The van der Waals surface area contributed by atoms with Gasteiger partial charge in [0, 0.05) is 0 Å². The molecule has 0 aliphatic carbocycles. The van der Waals surface area contributed by atoms with Crippen LogP contribution in [-0.2, 0) is 20.7 Å². The lowest BCUT2D eigenvalue weighted by molar-refractivity contribution is -0.141. The van der Waals surface area contributed by atoms with Crippen molar-refractivity contribution >= 4 is 11.9 Å². The van der Waals surface area contributed by atoms with Gasteiger partial charge in [-0.05, 0) is 18.5 Å². The summed E-state index contributed by atoms with van der Waals surface area (Å²) in [7, 11) is 1.29. The van der Waals surface area contributed by atoms with Gasteiger partial charge < -0.3 is 15.4 Å². The molecule has 1 rings (SSSR count). The number of benzene rings is 1. The number of likely N-dealkylation sites (N-methyl/N-ethyl adjacent to an activating group) is 1. The third-order valence-electron chi connectivity index (χ3n) is 2.68. The third-order valence-corrected chi connectivity index (χ3v) is 2.68. The molecule has 0 aliphatic rings. The van der Waals surface area contributed by atoms with Crippen LogP contribution in [0.5, 0.6) is 0 Å². The first-order valence-corrected chi connectivity index (χ1v) is 6.29. The molecule has 0 heterocycles. The Balaban J connectivity index is 2.56. The number of carbonyl (C=O) groups excluding carboxylic acids is 2. The van der Waals surface area contributed by atoms with Gasteiger partial charge in [0.15, 0.2) is 0 Å². The van der Waals surface area contributed by atoms with Crippen LogP contribution in [0.15, 0.2) is 30.3 Å². The number of nitrogens with one attached hydrogen (secondary N) is 2. The van der Waals surface area contributed by atoms with Crippen LogP contribution in [0.4, 0.5) is 0 Å². The number of carbonyl (C=O) groups is 2. The molecule has 0 saturated carbocycles. The number of hydrogen-bond acceptors (Lipinski definition) is 4. The van der Waals surface area contributed by atoms with Gasteiger partial charge in [-0.25, -0.2) is 0 Å². The lowest BCUT2D eigenvalue weighted by Gasteiger charge is -2.17. The molecule has 0 fully saturated rings. The quantitative estimate of drug-likeness (QED) is 0.704. The summed E-state index contributed by atoms with van der Waals surface area (Å²) in [5.41, 5.74) is 1.07. The van der Waals surface area contributed by atoms with Crippen molar-refractivity contribution in [3.8, 4) is 0 Å². The fourth-order valence-electron chi connectivity index (χ4n) is 1.71. The summed E-state index contributed by atoms with van der Waals surface area (Å²) in [4.78, 5) is 23.0. The SMILES string of the molecule is CCN[C@@H](Cc1ccccc1)C(=O)NCC(=O)OC. The van der Waals surface area contributed by atoms with Gasteiger partial charge in [0.25, 0.3) is 0 Å². The molecule has 104 valence electrons. The standard InChI is InChI=1S/C14H20N2O3/c1-3-15-12(9-11-7-5-4-6-8-11)14(18)16-10-13(17)19-2/h4-8,12,15H,3,9-10H2,1-2H3,(H,16,18)/t12-/m0/s1. The maximum atomic E-state index is 12.0. The van der Waals surface area contributed by atoms with Crippen LogP contribution in [0, 0.1) is 0 Å². The van der Waals surface area contributed by atoms with Crippen molar-refractivity contribution in [3.63, 3.8) is 0 Å². The minimum Gasteiger partial charge on any atom is -0.468 e. The van der Waals surface area contributed by atoms with Gasteiger partial charge in [0.05, 0.1) is 13.2 Å². The Morgan fingerprint density at radius 1 is 1.26 bits per heavy atom. The maximum Gasteiger partial charge on any atom is 0.325 e. The number of rotatable bonds is 7. The molecule has 1 aromatic rings. The summed E-state index contributed by atoms with van der Waals surface area (Å²) in [6.07, 6.45) is 0.585.